The van der Waals surface area contributed by atoms with Gasteiger partial charge in [0.25, 0.3) is 6.43 Å². The number of alkyl halides is 3. The molecule has 9 heteroatoms. The average Bonchev–Trinajstić information content (AvgIpc) is 3.12. The van der Waals surface area contributed by atoms with Crippen molar-refractivity contribution < 1.29 is 27.1 Å². The van der Waals surface area contributed by atoms with Crippen LogP contribution in [-0.4, -0.2) is 59.0 Å². The summed E-state index contributed by atoms with van der Waals surface area (Å²) in [6, 6.07) is 3.54. The fraction of sp³-hybridized carbons (Fsp3) is 0.654. The lowest BCUT2D eigenvalue weighted by molar-refractivity contribution is -0.120. The number of fused-ring (bicyclic) bond motifs is 1. The minimum Gasteiger partial charge on any atom is -0.472 e. The molecule has 35 heavy (non-hydrogen) atoms. The van der Waals surface area contributed by atoms with Gasteiger partial charge in [0.15, 0.2) is 6.61 Å². The highest BCUT2D eigenvalue weighted by atomic mass is 19.3. The van der Waals surface area contributed by atoms with Crippen molar-refractivity contribution in [1.29, 1.82) is 0 Å². The summed E-state index contributed by atoms with van der Waals surface area (Å²) in [6.07, 6.45) is 4.14. The van der Waals surface area contributed by atoms with Gasteiger partial charge in [-0.1, -0.05) is 6.07 Å². The standard InChI is InChI=1S/C26H34F3N3O3/c1-18-16-30-25(35-18)15-21(33)14-19-4-8-26(29,9-5-19)10-13-32-11-6-20-2-3-24(34-17-23(27)28)31-22(20)7-12-32/h2-3,16,19,23H,4-15,17H2,1H3. The molecule has 0 radical (unpaired) electrons. The van der Waals surface area contributed by atoms with E-state index in [-0.39, 0.29) is 24.0 Å². The molecule has 6 nitrogen and oxygen atoms in total. The number of Topliss-reactive ketones (excluding diaryl/α,β-unsaturated/α-hetero) is 1. The van der Waals surface area contributed by atoms with Crippen molar-refractivity contribution in [3.63, 3.8) is 0 Å². The lowest BCUT2D eigenvalue weighted by Crippen LogP contribution is -2.36. The number of carbonyl (C=O) groups excluding carboxylic acids is 1. The zero-order valence-electron chi connectivity index (χ0n) is 20.3. The lowest BCUT2D eigenvalue weighted by atomic mass is 9.76. The van der Waals surface area contributed by atoms with Gasteiger partial charge in [0.2, 0.25) is 11.8 Å². The van der Waals surface area contributed by atoms with E-state index >= 15 is 4.39 Å². The average molecular weight is 494 g/mol. The summed E-state index contributed by atoms with van der Waals surface area (Å²) >= 11 is 0. The second kappa shape index (κ2) is 11.5. The number of rotatable bonds is 10. The quantitative estimate of drug-likeness (QED) is 0.468. The molecule has 2 aliphatic rings. The summed E-state index contributed by atoms with van der Waals surface area (Å²) in [5.41, 5.74) is 0.781. The molecule has 1 saturated carbocycles. The van der Waals surface area contributed by atoms with Gasteiger partial charge < -0.3 is 14.1 Å². The summed E-state index contributed by atoms with van der Waals surface area (Å²) in [5, 5.41) is 0. The Balaban J connectivity index is 1.19. The van der Waals surface area contributed by atoms with Gasteiger partial charge in [-0.05, 0) is 56.9 Å². The Morgan fingerprint density at radius 2 is 2.03 bits per heavy atom. The first-order valence-electron chi connectivity index (χ1n) is 12.5. The molecule has 0 bridgehead atoms. The molecule has 0 aromatic carbocycles. The van der Waals surface area contributed by atoms with Crippen LogP contribution < -0.4 is 4.74 Å². The first kappa shape index (κ1) is 25.7. The first-order chi connectivity index (χ1) is 16.8. The van der Waals surface area contributed by atoms with E-state index < -0.39 is 18.7 Å². The molecule has 1 aliphatic heterocycles. The Labute approximate surface area is 204 Å². The molecule has 0 amide bonds. The van der Waals surface area contributed by atoms with Crippen LogP contribution in [0.15, 0.2) is 22.7 Å². The number of aryl methyl sites for hydroxylation is 1. The predicted octanol–water partition coefficient (Wildman–Crippen LogP) is 4.91. The molecule has 1 aliphatic carbocycles. The molecule has 0 unspecified atom stereocenters. The maximum Gasteiger partial charge on any atom is 0.272 e. The van der Waals surface area contributed by atoms with Crippen LogP contribution in [0.1, 0.15) is 61.4 Å². The zero-order valence-corrected chi connectivity index (χ0v) is 20.3. The Bertz CT molecular complexity index is 989. The molecule has 3 heterocycles. The van der Waals surface area contributed by atoms with Crippen molar-refractivity contribution >= 4 is 5.78 Å². The van der Waals surface area contributed by atoms with Crippen LogP contribution >= 0.6 is 0 Å². The van der Waals surface area contributed by atoms with E-state index in [1.165, 1.54) is 0 Å². The van der Waals surface area contributed by atoms with Crippen molar-refractivity contribution in [2.75, 3.05) is 26.2 Å². The predicted molar refractivity (Wildman–Crippen MR) is 125 cm³/mol. The van der Waals surface area contributed by atoms with Crippen LogP contribution in [0.25, 0.3) is 0 Å². The third kappa shape index (κ3) is 7.53. The third-order valence-electron chi connectivity index (χ3n) is 7.17. The van der Waals surface area contributed by atoms with E-state index in [1.807, 2.05) is 6.07 Å². The van der Waals surface area contributed by atoms with Gasteiger partial charge in [-0.25, -0.2) is 23.1 Å². The van der Waals surface area contributed by atoms with E-state index in [9.17, 15) is 13.6 Å². The molecule has 0 spiro atoms. The summed E-state index contributed by atoms with van der Waals surface area (Å²) in [4.78, 5) is 23.1. The highest BCUT2D eigenvalue weighted by Crippen LogP contribution is 2.39. The van der Waals surface area contributed by atoms with Gasteiger partial charge >= 0.3 is 0 Å². The number of carbonyl (C=O) groups is 1. The highest BCUT2D eigenvalue weighted by molar-refractivity contribution is 5.80. The molecule has 2 aromatic heterocycles. The summed E-state index contributed by atoms with van der Waals surface area (Å²) in [6.45, 7) is 3.39. The number of ketones is 1. The minimum atomic E-state index is -2.53. The first-order valence-corrected chi connectivity index (χ1v) is 12.5. The number of hydrogen-bond acceptors (Lipinski definition) is 6. The van der Waals surface area contributed by atoms with Crippen molar-refractivity contribution in [2.45, 2.75) is 76.8 Å². The normalized spacial score (nSPS) is 23.2. The fourth-order valence-corrected chi connectivity index (χ4v) is 5.11. The van der Waals surface area contributed by atoms with Gasteiger partial charge in [-0.3, -0.25) is 4.79 Å². The maximum atomic E-state index is 15.5. The van der Waals surface area contributed by atoms with Gasteiger partial charge in [0, 0.05) is 44.2 Å². The Morgan fingerprint density at radius 3 is 2.74 bits per heavy atom. The van der Waals surface area contributed by atoms with Crippen LogP contribution in [-0.2, 0) is 24.1 Å². The van der Waals surface area contributed by atoms with Gasteiger partial charge in [-0.15, -0.1) is 0 Å². The molecule has 0 saturated heterocycles. The Kier molecular flexibility index (Phi) is 8.46. The molecule has 192 valence electrons. The molecule has 0 N–H and O–H groups in total. The van der Waals surface area contributed by atoms with Crippen LogP contribution in [0.2, 0.25) is 0 Å². The zero-order chi connectivity index (χ0) is 24.8. The number of aromatic nitrogens is 2. The third-order valence-corrected chi connectivity index (χ3v) is 7.17. The number of ether oxygens (including phenoxy) is 1. The van der Waals surface area contributed by atoms with E-state index in [1.54, 1.807) is 19.2 Å². The number of nitrogens with zero attached hydrogens (tertiary/aromatic N) is 3. The molecule has 0 atom stereocenters. The van der Waals surface area contributed by atoms with E-state index in [0.29, 0.717) is 50.3 Å². The van der Waals surface area contributed by atoms with Crippen molar-refractivity contribution in [1.82, 2.24) is 14.9 Å². The van der Waals surface area contributed by atoms with Crippen molar-refractivity contribution in [3.05, 3.63) is 41.2 Å². The molecule has 4 rings (SSSR count). The van der Waals surface area contributed by atoms with Gasteiger partial charge in [0.05, 0.1) is 12.6 Å². The van der Waals surface area contributed by atoms with E-state index in [2.05, 4.69) is 14.9 Å². The second-order valence-electron chi connectivity index (χ2n) is 9.93. The van der Waals surface area contributed by atoms with Crippen LogP contribution in [0, 0.1) is 12.8 Å². The largest absolute Gasteiger partial charge is 0.472 e. The fourth-order valence-electron chi connectivity index (χ4n) is 5.11. The topological polar surface area (TPSA) is 68.5 Å². The summed E-state index contributed by atoms with van der Waals surface area (Å²) < 4.78 is 50.8. The Hall–Kier alpha value is -2.42. The van der Waals surface area contributed by atoms with Crippen LogP contribution in [0.4, 0.5) is 13.2 Å². The second-order valence-corrected chi connectivity index (χ2v) is 9.93. The van der Waals surface area contributed by atoms with Crippen LogP contribution in [0.5, 0.6) is 5.88 Å². The highest BCUT2D eigenvalue weighted by Gasteiger charge is 2.36. The monoisotopic (exact) mass is 493 g/mol. The number of oxazole rings is 1. The van der Waals surface area contributed by atoms with Gasteiger partial charge in [-0.2, -0.15) is 0 Å². The van der Waals surface area contributed by atoms with E-state index in [4.69, 9.17) is 9.15 Å². The molecule has 2 aromatic rings. The molecular formula is C26H34F3N3O3. The van der Waals surface area contributed by atoms with Crippen molar-refractivity contribution in [3.8, 4) is 5.88 Å². The SMILES string of the molecule is Cc1cnc(CC(=O)CC2CCC(F)(CCN3CCc4ccc(OCC(F)F)nc4CC3)CC2)o1. The Morgan fingerprint density at radius 1 is 1.26 bits per heavy atom. The number of halogens is 3. The number of pyridine rings is 1. The molecular weight excluding hydrogens is 459 g/mol. The van der Waals surface area contributed by atoms with Gasteiger partial charge in [0.1, 0.15) is 17.2 Å². The summed E-state index contributed by atoms with van der Waals surface area (Å²) in [7, 11) is 0. The smallest absolute Gasteiger partial charge is 0.272 e. The molecule has 1 fully saturated rings. The van der Waals surface area contributed by atoms with Crippen LogP contribution in [0.3, 0.4) is 0 Å². The minimum absolute atomic E-state index is 0.101. The maximum absolute atomic E-state index is 15.5. The lowest BCUT2D eigenvalue weighted by Gasteiger charge is -2.35. The van der Waals surface area contributed by atoms with E-state index in [0.717, 1.165) is 43.6 Å². The number of hydrogen-bond donors (Lipinski definition) is 0. The summed E-state index contributed by atoms with van der Waals surface area (Å²) in [5.74, 6) is 1.70. The van der Waals surface area contributed by atoms with Crippen molar-refractivity contribution in [2.24, 2.45) is 5.92 Å².